The van der Waals surface area contributed by atoms with E-state index in [9.17, 15) is 0 Å². The molecule has 1 aliphatic rings. The van der Waals surface area contributed by atoms with Crippen molar-refractivity contribution < 1.29 is 0 Å². The van der Waals surface area contributed by atoms with Crippen molar-refractivity contribution in [2.75, 3.05) is 25.1 Å². The van der Waals surface area contributed by atoms with Gasteiger partial charge in [0.05, 0.1) is 0 Å². The first-order chi connectivity index (χ1) is 5.99. The highest BCUT2D eigenvalue weighted by atomic mass is 32.2. The maximum atomic E-state index is 2.56. The Morgan fingerprint density at radius 1 is 1.23 bits per heavy atom. The van der Waals surface area contributed by atoms with E-state index in [1.54, 1.807) is 0 Å². The quantitative estimate of drug-likeness (QED) is 0.676. The summed E-state index contributed by atoms with van der Waals surface area (Å²) in [5.74, 6) is 2.72. The lowest BCUT2D eigenvalue weighted by atomic mass is 9.95. The van der Waals surface area contributed by atoms with Crippen molar-refractivity contribution in [3.05, 3.63) is 0 Å². The van der Waals surface area contributed by atoms with Gasteiger partial charge in [-0.2, -0.15) is 11.8 Å². The third kappa shape index (κ3) is 4.37. The normalized spacial score (nSPS) is 21.0. The van der Waals surface area contributed by atoms with Gasteiger partial charge in [-0.1, -0.05) is 20.8 Å². The fourth-order valence-electron chi connectivity index (χ4n) is 2.00. The van der Waals surface area contributed by atoms with Crippen LogP contribution in [0.5, 0.6) is 0 Å². The maximum Gasteiger partial charge on any atom is 0.0108 e. The SMILES string of the molecule is CN(CC(C)(C)C)C1CCSCC1. The average Bonchev–Trinajstić information content (AvgIpc) is 2.03. The third-order valence-corrected chi connectivity index (χ3v) is 3.59. The van der Waals surface area contributed by atoms with Crippen molar-refractivity contribution in [2.24, 2.45) is 5.41 Å². The van der Waals surface area contributed by atoms with E-state index in [2.05, 4.69) is 44.5 Å². The van der Waals surface area contributed by atoms with Crippen LogP contribution in [-0.4, -0.2) is 36.0 Å². The van der Waals surface area contributed by atoms with Crippen molar-refractivity contribution in [2.45, 2.75) is 39.7 Å². The first kappa shape index (κ1) is 11.4. The zero-order chi connectivity index (χ0) is 9.90. The Morgan fingerprint density at radius 3 is 2.23 bits per heavy atom. The molecule has 2 heteroatoms. The number of rotatable bonds is 2. The van der Waals surface area contributed by atoms with E-state index in [4.69, 9.17) is 0 Å². The smallest absolute Gasteiger partial charge is 0.0108 e. The van der Waals surface area contributed by atoms with Crippen molar-refractivity contribution in [3.8, 4) is 0 Å². The van der Waals surface area contributed by atoms with Crippen molar-refractivity contribution in [3.63, 3.8) is 0 Å². The van der Waals surface area contributed by atoms with Gasteiger partial charge in [0.2, 0.25) is 0 Å². The Kier molecular flexibility index (Phi) is 4.11. The molecular formula is C11H23NS. The minimum atomic E-state index is 0.444. The van der Waals surface area contributed by atoms with E-state index in [-0.39, 0.29) is 0 Å². The standard InChI is InChI=1S/C11H23NS/c1-11(2,3)9-12(4)10-5-7-13-8-6-10/h10H,5-9H2,1-4H3. The van der Waals surface area contributed by atoms with Crippen LogP contribution >= 0.6 is 11.8 Å². The minimum absolute atomic E-state index is 0.444. The molecular weight excluding hydrogens is 178 g/mol. The van der Waals surface area contributed by atoms with E-state index in [1.165, 1.54) is 30.9 Å². The Balaban J connectivity index is 2.33. The number of thioether (sulfide) groups is 1. The summed E-state index contributed by atoms with van der Waals surface area (Å²) in [6, 6.07) is 0.848. The van der Waals surface area contributed by atoms with Gasteiger partial charge >= 0.3 is 0 Å². The van der Waals surface area contributed by atoms with Crippen LogP contribution in [0.15, 0.2) is 0 Å². The lowest BCUT2D eigenvalue weighted by Gasteiger charge is -2.35. The van der Waals surface area contributed by atoms with E-state index in [1.807, 2.05) is 0 Å². The van der Waals surface area contributed by atoms with Crippen LogP contribution in [-0.2, 0) is 0 Å². The van der Waals surface area contributed by atoms with Crippen LogP contribution in [0.2, 0.25) is 0 Å². The first-order valence-corrected chi connectivity index (χ1v) is 6.42. The Bertz CT molecular complexity index is 145. The highest BCUT2D eigenvalue weighted by Gasteiger charge is 2.22. The van der Waals surface area contributed by atoms with Gasteiger partial charge in [-0.15, -0.1) is 0 Å². The van der Waals surface area contributed by atoms with Crippen LogP contribution < -0.4 is 0 Å². The van der Waals surface area contributed by atoms with Crippen LogP contribution in [0, 0.1) is 5.41 Å². The molecule has 0 aromatic heterocycles. The van der Waals surface area contributed by atoms with Crippen molar-refractivity contribution in [1.82, 2.24) is 4.90 Å². The monoisotopic (exact) mass is 201 g/mol. The largest absolute Gasteiger partial charge is 0.303 e. The summed E-state index contributed by atoms with van der Waals surface area (Å²) in [6.45, 7) is 8.19. The van der Waals surface area contributed by atoms with Gasteiger partial charge in [0.25, 0.3) is 0 Å². The summed E-state index contributed by atoms with van der Waals surface area (Å²) in [7, 11) is 2.28. The molecule has 0 saturated carbocycles. The number of nitrogens with zero attached hydrogens (tertiary/aromatic N) is 1. The molecule has 0 aromatic rings. The summed E-state index contributed by atoms with van der Waals surface area (Å²) in [6.07, 6.45) is 2.77. The van der Waals surface area contributed by atoms with Crippen LogP contribution in [0.1, 0.15) is 33.6 Å². The van der Waals surface area contributed by atoms with Gasteiger partial charge in [-0.05, 0) is 36.8 Å². The molecule has 1 fully saturated rings. The second kappa shape index (κ2) is 4.70. The Labute approximate surface area is 87.3 Å². The number of hydrogen-bond donors (Lipinski definition) is 0. The summed E-state index contributed by atoms with van der Waals surface area (Å²) in [5.41, 5.74) is 0.444. The molecule has 1 heterocycles. The fourth-order valence-corrected chi connectivity index (χ4v) is 3.08. The summed E-state index contributed by atoms with van der Waals surface area (Å²) in [4.78, 5) is 2.56. The average molecular weight is 201 g/mol. The second-order valence-electron chi connectivity index (χ2n) is 5.32. The van der Waals surface area contributed by atoms with Gasteiger partial charge in [-0.3, -0.25) is 0 Å². The number of hydrogen-bond acceptors (Lipinski definition) is 2. The van der Waals surface area contributed by atoms with Crippen LogP contribution in [0.3, 0.4) is 0 Å². The molecule has 1 aliphatic heterocycles. The predicted octanol–water partition coefficient (Wildman–Crippen LogP) is 2.86. The second-order valence-corrected chi connectivity index (χ2v) is 6.54. The molecule has 0 aromatic carbocycles. The highest BCUT2D eigenvalue weighted by molar-refractivity contribution is 7.99. The molecule has 0 spiro atoms. The van der Waals surface area contributed by atoms with E-state index in [0.29, 0.717) is 5.41 Å². The molecule has 0 bridgehead atoms. The lowest BCUT2D eigenvalue weighted by Crippen LogP contribution is -2.39. The van der Waals surface area contributed by atoms with E-state index in [0.717, 1.165) is 6.04 Å². The summed E-state index contributed by atoms with van der Waals surface area (Å²) in [5, 5.41) is 0. The van der Waals surface area contributed by atoms with Crippen LogP contribution in [0.25, 0.3) is 0 Å². The van der Waals surface area contributed by atoms with Crippen molar-refractivity contribution in [1.29, 1.82) is 0 Å². The molecule has 1 saturated heterocycles. The van der Waals surface area contributed by atoms with Crippen molar-refractivity contribution >= 4 is 11.8 Å². The van der Waals surface area contributed by atoms with Gasteiger partial charge in [0, 0.05) is 12.6 Å². The molecule has 0 amide bonds. The van der Waals surface area contributed by atoms with E-state index >= 15 is 0 Å². The lowest BCUT2D eigenvalue weighted by molar-refractivity contribution is 0.164. The molecule has 0 radical (unpaired) electrons. The van der Waals surface area contributed by atoms with E-state index < -0.39 is 0 Å². The summed E-state index contributed by atoms with van der Waals surface area (Å²) >= 11 is 2.11. The maximum absolute atomic E-state index is 2.56. The van der Waals surface area contributed by atoms with Crippen LogP contribution in [0.4, 0.5) is 0 Å². The minimum Gasteiger partial charge on any atom is -0.303 e. The molecule has 0 aliphatic carbocycles. The molecule has 0 N–H and O–H groups in total. The zero-order valence-corrected chi connectivity index (χ0v) is 10.3. The topological polar surface area (TPSA) is 3.24 Å². The van der Waals surface area contributed by atoms with Gasteiger partial charge < -0.3 is 4.90 Å². The molecule has 78 valence electrons. The third-order valence-electron chi connectivity index (χ3n) is 2.54. The summed E-state index contributed by atoms with van der Waals surface area (Å²) < 4.78 is 0. The molecule has 1 nitrogen and oxygen atoms in total. The van der Waals surface area contributed by atoms with Gasteiger partial charge in [0.1, 0.15) is 0 Å². The Morgan fingerprint density at radius 2 is 1.77 bits per heavy atom. The zero-order valence-electron chi connectivity index (χ0n) is 9.47. The highest BCUT2D eigenvalue weighted by Crippen LogP contribution is 2.23. The molecule has 0 atom stereocenters. The fraction of sp³-hybridized carbons (Fsp3) is 1.00. The van der Waals surface area contributed by atoms with Gasteiger partial charge in [0.15, 0.2) is 0 Å². The molecule has 0 unspecified atom stereocenters. The van der Waals surface area contributed by atoms with Gasteiger partial charge in [-0.25, -0.2) is 0 Å². The molecule has 13 heavy (non-hydrogen) atoms. The predicted molar refractivity (Wildman–Crippen MR) is 62.4 cm³/mol. The first-order valence-electron chi connectivity index (χ1n) is 5.27. The Hall–Kier alpha value is 0.310. The molecule has 1 rings (SSSR count).